The number of aryl methyl sites for hydroxylation is 1. The monoisotopic (exact) mass is 251 g/mol. The van der Waals surface area contributed by atoms with Crippen molar-refractivity contribution < 1.29 is 0 Å². The van der Waals surface area contributed by atoms with Gasteiger partial charge in [0.1, 0.15) is 17.5 Å². The van der Waals surface area contributed by atoms with Crippen LogP contribution in [0.1, 0.15) is 5.69 Å². The minimum absolute atomic E-state index is 0.575. The van der Waals surface area contributed by atoms with Gasteiger partial charge in [0.15, 0.2) is 0 Å². The van der Waals surface area contributed by atoms with Gasteiger partial charge in [-0.1, -0.05) is 17.3 Å². The summed E-state index contributed by atoms with van der Waals surface area (Å²) in [6, 6.07) is 7.81. The molecule has 0 radical (unpaired) electrons. The molecule has 0 spiro atoms. The smallest absolute Gasteiger partial charge is 0.255 e. The van der Waals surface area contributed by atoms with Gasteiger partial charge in [0.05, 0.1) is 17.4 Å². The van der Waals surface area contributed by atoms with Crippen LogP contribution in [0.25, 0.3) is 22.5 Å². The van der Waals surface area contributed by atoms with Crippen LogP contribution < -0.4 is 0 Å². The van der Waals surface area contributed by atoms with Gasteiger partial charge >= 0.3 is 0 Å². The van der Waals surface area contributed by atoms with Crippen molar-refractivity contribution in [3.8, 4) is 5.69 Å². The Balaban J connectivity index is 2.06. The third-order valence-corrected chi connectivity index (χ3v) is 3.14. The minimum atomic E-state index is 0.575. The van der Waals surface area contributed by atoms with Gasteiger partial charge in [0, 0.05) is 0 Å². The molecular formula is C12H9N7. The van der Waals surface area contributed by atoms with Crippen molar-refractivity contribution in [3.63, 3.8) is 0 Å². The fourth-order valence-electron chi connectivity index (χ4n) is 2.14. The van der Waals surface area contributed by atoms with E-state index in [1.807, 2.05) is 35.6 Å². The third kappa shape index (κ3) is 1.35. The van der Waals surface area contributed by atoms with Crippen molar-refractivity contribution in [2.75, 3.05) is 0 Å². The number of hydrogen-bond donors (Lipinski definition) is 0. The largest absolute Gasteiger partial charge is 0.268 e. The van der Waals surface area contributed by atoms with Gasteiger partial charge in [-0.05, 0) is 19.1 Å². The molecule has 19 heavy (non-hydrogen) atoms. The molecule has 0 bridgehead atoms. The summed E-state index contributed by atoms with van der Waals surface area (Å²) in [7, 11) is 0. The molecule has 3 heterocycles. The van der Waals surface area contributed by atoms with E-state index in [0.717, 1.165) is 22.4 Å². The second-order valence-corrected chi connectivity index (χ2v) is 4.22. The molecule has 0 aliphatic heterocycles. The van der Waals surface area contributed by atoms with Crippen LogP contribution in [-0.4, -0.2) is 34.6 Å². The van der Waals surface area contributed by atoms with Crippen LogP contribution in [0.3, 0.4) is 0 Å². The van der Waals surface area contributed by atoms with Crippen molar-refractivity contribution in [1.29, 1.82) is 0 Å². The first kappa shape index (κ1) is 10.1. The summed E-state index contributed by atoms with van der Waals surface area (Å²) in [6.07, 6.45) is 3.38. The molecular weight excluding hydrogens is 242 g/mol. The van der Waals surface area contributed by atoms with Crippen molar-refractivity contribution in [2.45, 2.75) is 6.92 Å². The van der Waals surface area contributed by atoms with E-state index in [2.05, 4.69) is 25.5 Å². The molecule has 0 fully saturated rings. The van der Waals surface area contributed by atoms with Gasteiger partial charge in [0.2, 0.25) is 0 Å². The second kappa shape index (κ2) is 3.58. The maximum Gasteiger partial charge on any atom is 0.255 e. The first-order valence-corrected chi connectivity index (χ1v) is 5.81. The molecule has 0 amide bonds. The molecule has 7 heteroatoms. The highest BCUT2D eigenvalue weighted by Crippen LogP contribution is 2.18. The average Bonchev–Trinajstić information content (AvgIpc) is 3.06. The molecule has 0 unspecified atom stereocenters. The fraction of sp³-hybridized carbons (Fsp3) is 0.0833. The van der Waals surface area contributed by atoms with Crippen molar-refractivity contribution >= 4 is 16.8 Å². The minimum Gasteiger partial charge on any atom is -0.268 e. The molecule has 0 saturated heterocycles. The van der Waals surface area contributed by atoms with Crippen LogP contribution >= 0.6 is 0 Å². The molecule has 3 aromatic heterocycles. The zero-order valence-electron chi connectivity index (χ0n) is 10.1. The van der Waals surface area contributed by atoms with E-state index in [0.29, 0.717) is 5.78 Å². The van der Waals surface area contributed by atoms with Gasteiger partial charge in [-0.15, -0.1) is 15.3 Å². The lowest BCUT2D eigenvalue weighted by Gasteiger charge is -2.06. The van der Waals surface area contributed by atoms with E-state index in [-0.39, 0.29) is 0 Å². The van der Waals surface area contributed by atoms with E-state index in [4.69, 9.17) is 0 Å². The Morgan fingerprint density at radius 3 is 2.95 bits per heavy atom. The average molecular weight is 251 g/mol. The number of aromatic nitrogens is 7. The zero-order valence-corrected chi connectivity index (χ0v) is 10.1. The fourth-order valence-corrected chi connectivity index (χ4v) is 2.14. The molecule has 4 rings (SSSR count). The van der Waals surface area contributed by atoms with Gasteiger partial charge in [-0.2, -0.15) is 0 Å². The molecule has 7 nitrogen and oxygen atoms in total. The number of para-hydroxylation sites is 1. The van der Waals surface area contributed by atoms with E-state index in [1.54, 1.807) is 17.2 Å². The summed E-state index contributed by atoms with van der Waals surface area (Å²) < 4.78 is 3.60. The number of benzene rings is 1. The highest BCUT2D eigenvalue weighted by molar-refractivity contribution is 5.76. The number of nitrogens with zero attached hydrogens (tertiary/aromatic N) is 7. The standard InChI is InChI=1S/C12H9N7/c1-8-11(6-13-12-16-14-7-18(8)12)19-10-5-3-2-4-9(10)15-17-19/h2-7H,1H3. The normalized spacial score (nSPS) is 11.4. The molecule has 4 aromatic rings. The van der Waals surface area contributed by atoms with Crippen LogP contribution in [0.15, 0.2) is 36.8 Å². The summed E-state index contributed by atoms with van der Waals surface area (Å²) in [4.78, 5) is 4.27. The van der Waals surface area contributed by atoms with Crippen molar-refractivity contribution in [2.24, 2.45) is 0 Å². The Morgan fingerprint density at radius 2 is 2.00 bits per heavy atom. The summed E-state index contributed by atoms with van der Waals surface area (Å²) in [6.45, 7) is 1.98. The Labute approximate surface area is 107 Å². The molecule has 0 aliphatic carbocycles. The lowest BCUT2D eigenvalue weighted by atomic mass is 10.3. The Bertz CT molecular complexity index is 889. The van der Waals surface area contributed by atoms with E-state index >= 15 is 0 Å². The molecule has 0 atom stereocenters. The molecule has 0 N–H and O–H groups in total. The van der Waals surface area contributed by atoms with Gasteiger partial charge < -0.3 is 0 Å². The zero-order chi connectivity index (χ0) is 12.8. The van der Waals surface area contributed by atoms with Gasteiger partial charge in [-0.25, -0.2) is 9.67 Å². The van der Waals surface area contributed by atoms with Crippen molar-refractivity contribution in [3.05, 3.63) is 42.5 Å². The summed E-state index contributed by atoms with van der Waals surface area (Å²) >= 11 is 0. The summed E-state index contributed by atoms with van der Waals surface area (Å²) in [5.74, 6) is 0.575. The summed E-state index contributed by atoms with van der Waals surface area (Å²) in [5, 5.41) is 16.1. The van der Waals surface area contributed by atoms with Crippen molar-refractivity contribution in [1.82, 2.24) is 34.6 Å². The third-order valence-electron chi connectivity index (χ3n) is 3.14. The summed E-state index contributed by atoms with van der Waals surface area (Å²) in [5.41, 5.74) is 3.62. The number of fused-ring (bicyclic) bond motifs is 2. The Hall–Kier alpha value is -2.83. The van der Waals surface area contributed by atoms with E-state index in [1.165, 1.54) is 0 Å². The predicted molar refractivity (Wildman–Crippen MR) is 67.9 cm³/mol. The molecule has 0 aliphatic rings. The highest BCUT2D eigenvalue weighted by atomic mass is 15.4. The first-order valence-electron chi connectivity index (χ1n) is 5.81. The lowest BCUT2D eigenvalue weighted by molar-refractivity contribution is 0.802. The number of rotatable bonds is 1. The molecule has 0 saturated carbocycles. The maximum absolute atomic E-state index is 4.27. The van der Waals surface area contributed by atoms with Gasteiger partial charge in [-0.3, -0.25) is 4.40 Å². The maximum atomic E-state index is 4.27. The topological polar surface area (TPSA) is 73.8 Å². The van der Waals surface area contributed by atoms with Crippen LogP contribution in [-0.2, 0) is 0 Å². The van der Waals surface area contributed by atoms with Crippen LogP contribution in [0.2, 0.25) is 0 Å². The van der Waals surface area contributed by atoms with E-state index < -0.39 is 0 Å². The predicted octanol–water partition coefficient (Wildman–Crippen LogP) is 1.17. The van der Waals surface area contributed by atoms with Crippen LogP contribution in [0.5, 0.6) is 0 Å². The highest BCUT2D eigenvalue weighted by Gasteiger charge is 2.11. The quantitative estimate of drug-likeness (QED) is 0.507. The SMILES string of the molecule is Cc1c(-n2nnc3ccccc32)cnc2nncn12. The van der Waals surface area contributed by atoms with Gasteiger partial charge in [0.25, 0.3) is 5.78 Å². The molecule has 1 aromatic carbocycles. The lowest BCUT2D eigenvalue weighted by Crippen LogP contribution is -2.05. The molecule has 92 valence electrons. The Morgan fingerprint density at radius 1 is 1.11 bits per heavy atom. The number of hydrogen-bond acceptors (Lipinski definition) is 5. The Kier molecular flexibility index (Phi) is 1.91. The van der Waals surface area contributed by atoms with E-state index in [9.17, 15) is 0 Å². The van der Waals surface area contributed by atoms with Crippen LogP contribution in [0.4, 0.5) is 0 Å². The second-order valence-electron chi connectivity index (χ2n) is 4.22. The first-order chi connectivity index (χ1) is 9.34. The van der Waals surface area contributed by atoms with Crippen LogP contribution in [0, 0.1) is 6.92 Å².